The zero-order valence-electron chi connectivity index (χ0n) is 18.4. The van der Waals surface area contributed by atoms with Gasteiger partial charge in [0.25, 0.3) is 15.9 Å². The lowest BCUT2D eigenvalue weighted by atomic mass is 10.2. The van der Waals surface area contributed by atoms with Gasteiger partial charge < -0.3 is 14.8 Å². The molecular formula is C22H23N5O5S2. The Morgan fingerprint density at radius 1 is 1.06 bits per heavy atom. The van der Waals surface area contributed by atoms with Crippen LogP contribution in [0.4, 0.5) is 11.5 Å². The zero-order valence-corrected chi connectivity index (χ0v) is 20.1. The summed E-state index contributed by atoms with van der Waals surface area (Å²) < 4.78 is 38.0. The molecule has 0 radical (unpaired) electrons. The van der Waals surface area contributed by atoms with Crippen molar-refractivity contribution in [2.24, 2.45) is 0 Å². The van der Waals surface area contributed by atoms with Gasteiger partial charge in [0.2, 0.25) is 5.88 Å². The van der Waals surface area contributed by atoms with Crippen molar-refractivity contribution in [2.75, 3.05) is 23.8 Å². The third kappa shape index (κ3) is 6.86. The van der Waals surface area contributed by atoms with E-state index in [1.165, 1.54) is 43.8 Å². The molecule has 12 heteroatoms. The number of thiocarbonyl (C=S) groups is 1. The Balaban J connectivity index is 1.58. The topological polar surface area (TPSA) is 132 Å². The number of hydrogen-bond acceptors (Lipinski definition) is 8. The molecule has 0 saturated carbocycles. The van der Waals surface area contributed by atoms with E-state index in [4.69, 9.17) is 21.7 Å². The molecule has 3 N–H and O–H groups in total. The highest BCUT2D eigenvalue weighted by atomic mass is 32.2. The minimum Gasteiger partial charge on any atom is -0.494 e. The summed E-state index contributed by atoms with van der Waals surface area (Å²) in [7, 11) is -2.47. The lowest BCUT2D eigenvalue weighted by Gasteiger charge is -2.11. The first-order valence-electron chi connectivity index (χ1n) is 10.1. The molecule has 10 nitrogen and oxygen atoms in total. The van der Waals surface area contributed by atoms with E-state index in [1.54, 1.807) is 24.3 Å². The third-order valence-corrected chi connectivity index (χ3v) is 5.90. The Morgan fingerprint density at radius 2 is 1.76 bits per heavy atom. The van der Waals surface area contributed by atoms with Crippen LogP contribution in [0.2, 0.25) is 0 Å². The van der Waals surface area contributed by atoms with Gasteiger partial charge in [-0.25, -0.2) is 18.4 Å². The number of methoxy groups -OCH3 is 1. The Kier molecular flexibility index (Phi) is 8.33. The van der Waals surface area contributed by atoms with Crippen molar-refractivity contribution in [1.82, 2.24) is 15.3 Å². The lowest BCUT2D eigenvalue weighted by molar-refractivity contribution is 0.0977. The first kappa shape index (κ1) is 24.9. The predicted octanol–water partition coefficient (Wildman–Crippen LogP) is 3.20. The summed E-state index contributed by atoms with van der Waals surface area (Å²) >= 11 is 5.19. The first-order valence-corrected chi connectivity index (χ1v) is 12.0. The second-order valence-corrected chi connectivity index (χ2v) is 8.95. The Morgan fingerprint density at radius 3 is 2.41 bits per heavy atom. The fourth-order valence-corrected chi connectivity index (χ4v) is 3.89. The summed E-state index contributed by atoms with van der Waals surface area (Å²) in [4.78, 5) is 20.1. The smallest absolute Gasteiger partial charge is 0.263 e. The molecular weight excluding hydrogens is 478 g/mol. The standard InChI is InChI=1S/C22H23N5O5S2/c1-3-12-32-17-8-4-15(5-9-17)21(28)26-22(33)25-16-6-10-18(11-7-16)34(29,30)27-19-13-20(31-2)24-14-23-19/h4-11,13-14H,3,12H2,1-2H3,(H,23,24,27)(H2,25,26,28,33). The number of hydrogen-bond donors (Lipinski definition) is 3. The van der Waals surface area contributed by atoms with Crippen LogP contribution in [0, 0.1) is 0 Å². The van der Waals surface area contributed by atoms with Crippen LogP contribution in [0.15, 0.2) is 65.8 Å². The molecule has 0 spiro atoms. The van der Waals surface area contributed by atoms with Crippen molar-refractivity contribution in [3.8, 4) is 11.6 Å². The lowest BCUT2D eigenvalue weighted by Crippen LogP contribution is -2.34. The van der Waals surface area contributed by atoms with Crippen LogP contribution in [0.25, 0.3) is 0 Å². The quantitative estimate of drug-likeness (QED) is 0.378. The maximum Gasteiger partial charge on any atom is 0.263 e. The summed E-state index contributed by atoms with van der Waals surface area (Å²) in [6.07, 6.45) is 2.08. The molecule has 1 heterocycles. The monoisotopic (exact) mass is 501 g/mol. The highest BCUT2D eigenvalue weighted by Gasteiger charge is 2.16. The van der Waals surface area contributed by atoms with E-state index < -0.39 is 10.0 Å². The Hall–Kier alpha value is -3.77. The largest absolute Gasteiger partial charge is 0.494 e. The average molecular weight is 502 g/mol. The number of sulfonamides is 1. The molecule has 3 rings (SSSR count). The molecule has 178 valence electrons. The molecule has 0 atom stereocenters. The SMILES string of the molecule is CCCOc1ccc(C(=O)NC(=S)Nc2ccc(S(=O)(=O)Nc3cc(OC)ncn3)cc2)cc1. The Bertz CT molecular complexity index is 1250. The number of anilines is 2. The number of rotatable bonds is 9. The second-order valence-electron chi connectivity index (χ2n) is 6.86. The molecule has 0 aliphatic rings. The van der Waals surface area contributed by atoms with Crippen molar-refractivity contribution in [2.45, 2.75) is 18.2 Å². The van der Waals surface area contributed by atoms with Gasteiger partial charge in [0.05, 0.1) is 18.6 Å². The minimum atomic E-state index is -3.88. The maximum atomic E-state index is 12.6. The summed E-state index contributed by atoms with van der Waals surface area (Å²) in [5.74, 6) is 0.595. The van der Waals surface area contributed by atoms with Crippen molar-refractivity contribution >= 4 is 44.8 Å². The van der Waals surface area contributed by atoms with E-state index >= 15 is 0 Å². The highest BCUT2D eigenvalue weighted by Crippen LogP contribution is 2.19. The van der Waals surface area contributed by atoms with Crippen molar-refractivity contribution in [3.05, 3.63) is 66.5 Å². The van der Waals surface area contributed by atoms with Gasteiger partial charge >= 0.3 is 0 Å². The van der Waals surface area contributed by atoms with Crippen molar-refractivity contribution in [1.29, 1.82) is 0 Å². The van der Waals surface area contributed by atoms with Crippen molar-refractivity contribution in [3.63, 3.8) is 0 Å². The molecule has 1 aromatic heterocycles. The van der Waals surface area contributed by atoms with Gasteiger partial charge in [-0.1, -0.05) is 6.92 Å². The Labute approximate surface area is 202 Å². The molecule has 0 bridgehead atoms. The molecule has 2 aromatic carbocycles. The molecule has 0 unspecified atom stereocenters. The molecule has 0 saturated heterocycles. The van der Waals surface area contributed by atoms with Crippen LogP contribution >= 0.6 is 12.2 Å². The van der Waals surface area contributed by atoms with E-state index in [2.05, 4.69) is 25.3 Å². The minimum absolute atomic E-state index is 0.0102. The normalized spacial score (nSPS) is 10.8. The van der Waals surface area contributed by atoms with Gasteiger partial charge in [0, 0.05) is 17.3 Å². The number of carbonyl (C=O) groups is 1. The van der Waals surface area contributed by atoms with Crippen LogP contribution in [0.3, 0.4) is 0 Å². The summed E-state index contributed by atoms with van der Waals surface area (Å²) in [6.45, 7) is 2.61. The van der Waals surface area contributed by atoms with E-state index in [1.807, 2.05) is 6.92 Å². The number of benzene rings is 2. The second kappa shape index (κ2) is 11.4. The number of nitrogens with one attached hydrogen (secondary N) is 3. The van der Waals surface area contributed by atoms with E-state index in [0.717, 1.165) is 6.42 Å². The fraction of sp³-hybridized carbons (Fsp3) is 0.182. The molecule has 0 aliphatic carbocycles. The number of nitrogens with zero attached hydrogens (tertiary/aromatic N) is 2. The van der Waals surface area contributed by atoms with Gasteiger partial charge in [-0.15, -0.1) is 0 Å². The summed E-state index contributed by atoms with van der Waals surface area (Å²) in [5, 5.41) is 5.50. The molecule has 0 fully saturated rings. The maximum absolute atomic E-state index is 12.6. The predicted molar refractivity (Wildman–Crippen MR) is 132 cm³/mol. The molecule has 1 amide bonds. The fourth-order valence-electron chi connectivity index (χ4n) is 2.68. The third-order valence-electron chi connectivity index (χ3n) is 4.33. The van der Waals surface area contributed by atoms with Crippen LogP contribution in [0.5, 0.6) is 11.6 Å². The van der Waals surface area contributed by atoms with Gasteiger partial charge in [-0.2, -0.15) is 0 Å². The van der Waals surface area contributed by atoms with Crippen LogP contribution in [-0.2, 0) is 10.0 Å². The van der Waals surface area contributed by atoms with E-state index in [-0.39, 0.29) is 27.6 Å². The van der Waals surface area contributed by atoms with Gasteiger partial charge in [0.15, 0.2) is 5.11 Å². The summed E-state index contributed by atoms with van der Waals surface area (Å²) in [5.41, 5.74) is 0.915. The van der Waals surface area contributed by atoms with Crippen LogP contribution in [0.1, 0.15) is 23.7 Å². The number of carbonyl (C=O) groups excluding carboxylic acids is 1. The number of ether oxygens (including phenoxy) is 2. The molecule has 34 heavy (non-hydrogen) atoms. The first-order chi connectivity index (χ1) is 16.3. The molecule has 0 aliphatic heterocycles. The molecule has 3 aromatic rings. The van der Waals surface area contributed by atoms with Crippen LogP contribution < -0.4 is 24.8 Å². The van der Waals surface area contributed by atoms with Crippen molar-refractivity contribution < 1.29 is 22.7 Å². The van der Waals surface area contributed by atoms with Crippen LogP contribution in [-0.4, -0.2) is 43.1 Å². The number of aromatic nitrogens is 2. The number of amides is 1. The average Bonchev–Trinajstić information content (AvgIpc) is 2.83. The van der Waals surface area contributed by atoms with Gasteiger partial charge in [0.1, 0.15) is 17.9 Å². The van der Waals surface area contributed by atoms with E-state index in [0.29, 0.717) is 23.6 Å². The van der Waals surface area contributed by atoms with E-state index in [9.17, 15) is 13.2 Å². The summed E-state index contributed by atoms with van der Waals surface area (Å²) in [6, 6.07) is 13.9. The van der Waals surface area contributed by atoms with Gasteiger partial charge in [-0.3, -0.25) is 14.8 Å². The zero-order chi connectivity index (χ0) is 24.6. The van der Waals surface area contributed by atoms with Gasteiger partial charge in [-0.05, 0) is 67.2 Å². The highest BCUT2D eigenvalue weighted by molar-refractivity contribution is 7.92.